The van der Waals surface area contributed by atoms with Gasteiger partial charge in [0.25, 0.3) is 0 Å². The minimum atomic E-state index is -0.702. The van der Waals surface area contributed by atoms with Crippen LogP contribution < -0.4 is 0 Å². The fourth-order valence-electron chi connectivity index (χ4n) is 5.23. The quantitative estimate of drug-likeness (QED) is 0.570. The number of thiophene rings is 1. The molecule has 0 radical (unpaired) electrons. The number of nitrogens with zero attached hydrogens (tertiary/aromatic N) is 3. The largest absolute Gasteiger partial charge is 0.481 e. The van der Waals surface area contributed by atoms with Gasteiger partial charge in [-0.3, -0.25) is 9.59 Å². The summed E-state index contributed by atoms with van der Waals surface area (Å²) in [6, 6.07) is 8.06. The number of carbonyl (C=O) groups is 2. The van der Waals surface area contributed by atoms with E-state index < -0.39 is 5.97 Å². The van der Waals surface area contributed by atoms with Gasteiger partial charge in [0.1, 0.15) is 5.65 Å². The van der Waals surface area contributed by atoms with Crippen molar-refractivity contribution in [3.8, 4) is 0 Å². The van der Waals surface area contributed by atoms with E-state index in [0.717, 1.165) is 41.5 Å². The molecule has 1 N–H and O–H groups in total. The molecule has 8 heteroatoms. The molecule has 3 aromatic heterocycles. The second kappa shape index (κ2) is 8.87. The van der Waals surface area contributed by atoms with Crippen LogP contribution in [0.3, 0.4) is 0 Å². The van der Waals surface area contributed by atoms with Gasteiger partial charge in [-0.05, 0) is 67.9 Å². The summed E-state index contributed by atoms with van der Waals surface area (Å²) in [7, 11) is 0. The molecule has 3 aromatic rings. The predicted molar refractivity (Wildman–Crippen MR) is 125 cm³/mol. The number of carboxylic acid groups (broad SMARTS) is 1. The molecule has 1 saturated carbocycles. The Morgan fingerprint density at radius 3 is 2.72 bits per heavy atom. The number of rotatable bonds is 5. The van der Waals surface area contributed by atoms with Crippen LogP contribution >= 0.6 is 22.9 Å². The number of pyridine rings is 1. The maximum absolute atomic E-state index is 13.1. The van der Waals surface area contributed by atoms with E-state index in [1.54, 1.807) is 11.3 Å². The molecule has 168 valence electrons. The second-order valence-corrected chi connectivity index (χ2v) is 10.7. The molecule has 1 aliphatic heterocycles. The van der Waals surface area contributed by atoms with E-state index >= 15 is 0 Å². The van der Waals surface area contributed by atoms with Crippen LogP contribution in [0, 0.1) is 11.8 Å². The smallest absolute Gasteiger partial charge is 0.306 e. The molecular weight excluding hydrogens is 446 g/mol. The standard InChI is InChI=1S/C24H26ClN3O3S/c25-21-8-7-17(32-21)13-28-20-14-27(11-9-18(20)19-2-1-10-26-23(19)28)22(29)12-15-3-5-16(6-4-15)24(30)31/h1-2,7-8,10,15-16H,3-6,9,11-14H2,(H,30,31). The molecule has 0 atom stereocenters. The molecule has 0 aromatic carbocycles. The summed E-state index contributed by atoms with van der Waals surface area (Å²) in [5.74, 6) is -0.474. The highest BCUT2D eigenvalue weighted by Gasteiger charge is 2.31. The molecule has 2 aliphatic rings. The predicted octanol–water partition coefficient (Wildman–Crippen LogP) is 4.97. The number of carboxylic acids is 1. The lowest BCUT2D eigenvalue weighted by atomic mass is 9.80. The SMILES string of the molecule is O=C(O)C1CCC(CC(=O)N2CCc3c(n(Cc4ccc(Cl)s4)c4ncccc34)C2)CC1. The summed E-state index contributed by atoms with van der Waals surface area (Å²) in [6.45, 7) is 2.00. The van der Waals surface area contributed by atoms with Crippen molar-refractivity contribution in [3.63, 3.8) is 0 Å². The zero-order valence-corrected chi connectivity index (χ0v) is 19.4. The average Bonchev–Trinajstić information content (AvgIpc) is 3.35. The average molecular weight is 472 g/mol. The van der Waals surface area contributed by atoms with E-state index in [1.807, 2.05) is 29.3 Å². The highest BCUT2D eigenvalue weighted by Crippen LogP contribution is 2.34. The van der Waals surface area contributed by atoms with Crippen molar-refractivity contribution in [2.75, 3.05) is 6.54 Å². The van der Waals surface area contributed by atoms with Crippen LogP contribution in [0.15, 0.2) is 30.5 Å². The molecule has 4 heterocycles. The summed E-state index contributed by atoms with van der Waals surface area (Å²) >= 11 is 7.73. The van der Waals surface area contributed by atoms with Crippen LogP contribution in [0.2, 0.25) is 4.34 Å². The first-order chi connectivity index (χ1) is 15.5. The summed E-state index contributed by atoms with van der Waals surface area (Å²) in [5.41, 5.74) is 3.42. The van der Waals surface area contributed by atoms with Crippen LogP contribution in [0.4, 0.5) is 0 Å². The highest BCUT2D eigenvalue weighted by atomic mass is 35.5. The minimum absolute atomic E-state index is 0.179. The Hall–Kier alpha value is -2.38. The number of halogens is 1. The highest BCUT2D eigenvalue weighted by molar-refractivity contribution is 7.16. The van der Waals surface area contributed by atoms with Crippen molar-refractivity contribution in [1.82, 2.24) is 14.5 Å². The molecule has 0 bridgehead atoms. The van der Waals surface area contributed by atoms with Crippen molar-refractivity contribution in [1.29, 1.82) is 0 Å². The number of amides is 1. The maximum Gasteiger partial charge on any atom is 0.306 e. The number of hydrogen-bond acceptors (Lipinski definition) is 4. The summed E-state index contributed by atoms with van der Waals surface area (Å²) in [5, 5.41) is 10.4. The minimum Gasteiger partial charge on any atom is -0.481 e. The third-order valence-electron chi connectivity index (χ3n) is 6.97. The van der Waals surface area contributed by atoms with Crippen molar-refractivity contribution in [2.24, 2.45) is 11.8 Å². The maximum atomic E-state index is 13.1. The number of aliphatic carboxylic acids is 1. The molecule has 0 spiro atoms. The first-order valence-electron chi connectivity index (χ1n) is 11.2. The fraction of sp³-hybridized carbons (Fsp3) is 0.458. The fourth-order valence-corrected chi connectivity index (χ4v) is 6.30. The zero-order chi connectivity index (χ0) is 22.2. The van der Waals surface area contributed by atoms with Crippen LogP contribution in [-0.2, 0) is 29.1 Å². The van der Waals surface area contributed by atoms with Crippen molar-refractivity contribution in [3.05, 3.63) is 50.9 Å². The van der Waals surface area contributed by atoms with Crippen LogP contribution in [0.5, 0.6) is 0 Å². The number of fused-ring (bicyclic) bond motifs is 3. The van der Waals surface area contributed by atoms with E-state index in [-0.39, 0.29) is 11.8 Å². The number of aromatic nitrogens is 2. The Bertz CT molecular complexity index is 1160. The van der Waals surface area contributed by atoms with Crippen molar-refractivity contribution in [2.45, 2.75) is 51.6 Å². The van der Waals surface area contributed by atoms with Gasteiger partial charge in [0.05, 0.1) is 23.3 Å². The number of hydrogen-bond donors (Lipinski definition) is 1. The van der Waals surface area contributed by atoms with E-state index in [1.165, 1.54) is 15.8 Å². The molecule has 1 aliphatic carbocycles. The third-order valence-corrected chi connectivity index (χ3v) is 8.18. The Labute approximate surface area is 195 Å². The Morgan fingerprint density at radius 1 is 1.19 bits per heavy atom. The van der Waals surface area contributed by atoms with Gasteiger partial charge in [0, 0.05) is 35.1 Å². The van der Waals surface area contributed by atoms with Crippen molar-refractivity contribution < 1.29 is 14.7 Å². The van der Waals surface area contributed by atoms with Gasteiger partial charge in [-0.1, -0.05) is 11.6 Å². The second-order valence-electron chi connectivity index (χ2n) is 8.92. The molecule has 32 heavy (non-hydrogen) atoms. The Balaban J connectivity index is 1.34. The van der Waals surface area contributed by atoms with E-state index in [9.17, 15) is 14.7 Å². The number of carbonyl (C=O) groups excluding carboxylic acids is 1. The Morgan fingerprint density at radius 2 is 2.00 bits per heavy atom. The molecule has 0 unspecified atom stereocenters. The van der Waals surface area contributed by atoms with Gasteiger partial charge in [0.2, 0.25) is 5.91 Å². The molecule has 1 amide bonds. The van der Waals surface area contributed by atoms with Crippen LogP contribution in [-0.4, -0.2) is 38.0 Å². The van der Waals surface area contributed by atoms with Gasteiger partial charge in [-0.25, -0.2) is 4.98 Å². The Kier molecular flexibility index (Phi) is 5.95. The van der Waals surface area contributed by atoms with Crippen molar-refractivity contribution >= 4 is 45.8 Å². The topological polar surface area (TPSA) is 75.4 Å². The molecule has 5 rings (SSSR count). The van der Waals surface area contributed by atoms with E-state index in [2.05, 4.69) is 15.6 Å². The van der Waals surface area contributed by atoms with Gasteiger partial charge in [-0.2, -0.15) is 0 Å². The van der Waals surface area contributed by atoms with Gasteiger partial charge in [-0.15, -0.1) is 11.3 Å². The first kappa shape index (κ1) is 21.5. The molecule has 6 nitrogen and oxygen atoms in total. The van der Waals surface area contributed by atoms with Gasteiger partial charge in [0.15, 0.2) is 0 Å². The van der Waals surface area contributed by atoms with Crippen LogP contribution in [0.1, 0.15) is 48.2 Å². The van der Waals surface area contributed by atoms with Crippen LogP contribution in [0.25, 0.3) is 11.0 Å². The normalized spacial score (nSPS) is 21.0. The molecule has 0 saturated heterocycles. The lowest BCUT2D eigenvalue weighted by Crippen LogP contribution is -2.38. The van der Waals surface area contributed by atoms with Gasteiger partial charge >= 0.3 is 5.97 Å². The third kappa shape index (κ3) is 4.16. The van der Waals surface area contributed by atoms with E-state index in [4.69, 9.17) is 11.6 Å². The summed E-state index contributed by atoms with van der Waals surface area (Å²) in [6.07, 6.45) is 6.17. The van der Waals surface area contributed by atoms with E-state index in [0.29, 0.717) is 38.3 Å². The molecule has 1 fully saturated rings. The monoisotopic (exact) mass is 471 g/mol. The zero-order valence-electron chi connectivity index (χ0n) is 17.8. The summed E-state index contributed by atoms with van der Waals surface area (Å²) < 4.78 is 3.01. The lowest BCUT2D eigenvalue weighted by Gasteiger charge is -2.31. The lowest BCUT2D eigenvalue weighted by molar-refractivity contribution is -0.143. The first-order valence-corrected chi connectivity index (χ1v) is 12.4. The molecular formula is C24H26ClN3O3S. The van der Waals surface area contributed by atoms with Gasteiger partial charge < -0.3 is 14.6 Å². The summed E-state index contributed by atoms with van der Waals surface area (Å²) in [4.78, 5) is 32.1.